The Labute approximate surface area is 114 Å². The maximum absolute atomic E-state index is 12.5. The molecule has 0 saturated heterocycles. The van der Waals surface area contributed by atoms with E-state index in [0.717, 1.165) is 18.5 Å². The van der Waals surface area contributed by atoms with E-state index < -0.39 is 6.43 Å². The fraction of sp³-hybridized carbons (Fsp3) is 0.600. The van der Waals surface area contributed by atoms with Gasteiger partial charge in [-0.3, -0.25) is 4.90 Å². The van der Waals surface area contributed by atoms with Crippen molar-refractivity contribution >= 4 is 0 Å². The van der Waals surface area contributed by atoms with Crippen LogP contribution in [-0.4, -0.2) is 25.0 Å². The first-order chi connectivity index (χ1) is 8.95. The van der Waals surface area contributed by atoms with Crippen LogP contribution < -0.4 is 5.73 Å². The molecule has 108 valence electrons. The van der Waals surface area contributed by atoms with E-state index in [2.05, 4.69) is 18.7 Å². The second kappa shape index (κ2) is 7.56. The predicted molar refractivity (Wildman–Crippen MR) is 75.3 cm³/mol. The van der Waals surface area contributed by atoms with Crippen molar-refractivity contribution in [3.8, 4) is 0 Å². The third-order valence-corrected chi connectivity index (χ3v) is 3.39. The molecule has 1 atom stereocenters. The van der Waals surface area contributed by atoms with Gasteiger partial charge in [-0.1, -0.05) is 38.1 Å². The van der Waals surface area contributed by atoms with Crippen molar-refractivity contribution in [2.75, 3.05) is 20.1 Å². The first kappa shape index (κ1) is 16.1. The Morgan fingerprint density at radius 3 is 2.05 bits per heavy atom. The van der Waals surface area contributed by atoms with Gasteiger partial charge in [0.15, 0.2) is 0 Å². The standard InChI is InChI=1S/C15H24F2N2/c1-11(2)8-9-19(3)14(10-18)12-4-6-13(7-5-12)15(16)17/h4-7,11,14-15H,8-10,18H2,1-3H3. The van der Waals surface area contributed by atoms with E-state index in [1.54, 1.807) is 12.1 Å². The lowest BCUT2D eigenvalue weighted by Crippen LogP contribution is -2.31. The maximum atomic E-state index is 12.5. The van der Waals surface area contributed by atoms with E-state index in [-0.39, 0.29) is 11.6 Å². The first-order valence-electron chi connectivity index (χ1n) is 6.74. The Morgan fingerprint density at radius 2 is 1.63 bits per heavy atom. The van der Waals surface area contributed by atoms with Crippen molar-refractivity contribution in [3.05, 3.63) is 35.4 Å². The van der Waals surface area contributed by atoms with E-state index in [1.165, 1.54) is 12.1 Å². The van der Waals surface area contributed by atoms with Crippen molar-refractivity contribution in [1.82, 2.24) is 4.90 Å². The Bertz CT molecular complexity index is 363. The Hall–Kier alpha value is -1.00. The highest BCUT2D eigenvalue weighted by atomic mass is 19.3. The summed E-state index contributed by atoms with van der Waals surface area (Å²) in [6.07, 6.45) is -1.31. The number of hydrogen-bond acceptors (Lipinski definition) is 2. The van der Waals surface area contributed by atoms with Gasteiger partial charge in [0.1, 0.15) is 0 Å². The van der Waals surface area contributed by atoms with Crippen molar-refractivity contribution in [2.45, 2.75) is 32.7 Å². The maximum Gasteiger partial charge on any atom is 0.263 e. The molecule has 0 aliphatic heterocycles. The van der Waals surface area contributed by atoms with Crippen molar-refractivity contribution in [1.29, 1.82) is 0 Å². The van der Waals surface area contributed by atoms with Crippen molar-refractivity contribution < 1.29 is 8.78 Å². The third kappa shape index (κ3) is 4.88. The number of rotatable bonds is 7. The Morgan fingerprint density at radius 1 is 1.11 bits per heavy atom. The van der Waals surface area contributed by atoms with Gasteiger partial charge in [0.25, 0.3) is 6.43 Å². The van der Waals surface area contributed by atoms with E-state index in [4.69, 9.17) is 5.73 Å². The highest BCUT2D eigenvalue weighted by Crippen LogP contribution is 2.23. The minimum absolute atomic E-state index is 0.0596. The van der Waals surface area contributed by atoms with Gasteiger partial charge in [-0.25, -0.2) is 8.78 Å². The molecule has 0 aromatic heterocycles. The first-order valence-corrected chi connectivity index (χ1v) is 6.74. The normalized spacial score (nSPS) is 13.5. The molecule has 1 aromatic carbocycles. The second-order valence-corrected chi connectivity index (χ2v) is 5.38. The Kier molecular flexibility index (Phi) is 6.38. The van der Waals surface area contributed by atoms with Crippen molar-refractivity contribution in [3.63, 3.8) is 0 Å². The molecule has 1 unspecified atom stereocenters. The molecule has 1 rings (SSSR count). The zero-order chi connectivity index (χ0) is 14.4. The largest absolute Gasteiger partial charge is 0.329 e. The number of nitrogens with two attached hydrogens (primary N) is 1. The van der Waals surface area contributed by atoms with Gasteiger partial charge in [-0.15, -0.1) is 0 Å². The van der Waals surface area contributed by atoms with Crippen LogP contribution in [0.3, 0.4) is 0 Å². The van der Waals surface area contributed by atoms with Crippen LogP contribution in [0.4, 0.5) is 8.78 Å². The highest BCUT2D eigenvalue weighted by molar-refractivity contribution is 5.26. The molecular weight excluding hydrogens is 246 g/mol. The smallest absolute Gasteiger partial charge is 0.263 e. The van der Waals surface area contributed by atoms with Crippen LogP contribution >= 0.6 is 0 Å². The zero-order valence-electron chi connectivity index (χ0n) is 11.9. The summed E-state index contributed by atoms with van der Waals surface area (Å²) < 4.78 is 25.0. The summed E-state index contributed by atoms with van der Waals surface area (Å²) in [7, 11) is 2.03. The molecule has 0 bridgehead atoms. The average Bonchev–Trinajstić information content (AvgIpc) is 2.37. The van der Waals surface area contributed by atoms with Crippen LogP contribution in [0.1, 0.15) is 43.9 Å². The summed E-state index contributed by atoms with van der Waals surface area (Å²) in [5.41, 5.74) is 6.88. The fourth-order valence-corrected chi connectivity index (χ4v) is 2.05. The summed E-state index contributed by atoms with van der Waals surface area (Å²) >= 11 is 0. The lowest BCUT2D eigenvalue weighted by atomic mass is 10.0. The number of hydrogen-bond donors (Lipinski definition) is 1. The van der Waals surface area contributed by atoms with Crippen LogP contribution in [0.15, 0.2) is 24.3 Å². The molecule has 2 nitrogen and oxygen atoms in total. The van der Waals surface area contributed by atoms with Gasteiger partial charge < -0.3 is 5.73 Å². The second-order valence-electron chi connectivity index (χ2n) is 5.38. The molecule has 0 spiro atoms. The molecule has 0 heterocycles. The number of nitrogens with zero attached hydrogens (tertiary/aromatic N) is 1. The van der Waals surface area contributed by atoms with Crippen molar-refractivity contribution in [2.24, 2.45) is 11.7 Å². The zero-order valence-corrected chi connectivity index (χ0v) is 11.9. The summed E-state index contributed by atoms with van der Waals surface area (Å²) in [5, 5.41) is 0. The van der Waals surface area contributed by atoms with E-state index in [0.29, 0.717) is 12.5 Å². The number of halogens is 2. The lowest BCUT2D eigenvalue weighted by molar-refractivity contribution is 0.151. The van der Waals surface area contributed by atoms with Gasteiger partial charge in [0.05, 0.1) is 0 Å². The van der Waals surface area contributed by atoms with Crippen LogP contribution in [-0.2, 0) is 0 Å². The fourth-order valence-electron chi connectivity index (χ4n) is 2.05. The molecule has 4 heteroatoms. The molecule has 0 amide bonds. The summed E-state index contributed by atoms with van der Waals surface area (Å²) in [6, 6.07) is 6.57. The van der Waals surface area contributed by atoms with Crippen LogP contribution in [0.25, 0.3) is 0 Å². The molecule has 2 N–H and O–H groups in total. The monoisotopic (exact) mass is 270 g/mol. The summed E-state index contributed by atoms with van der Waals surface area (Å²) in [6.45, 7) is 5.81. The quantitative estimate of drug-likeness (QED) is 0.820. The molecule has 1 aromatic rings. The molecule has 0 fully saturated rings. The van der Waals surface area contributed by atoms with Crippen LogP contribution in [0.5, 0.6) is 0 Å². The van der Waals surface area contributed by atoms with E-state index in [1.807, 2.05) is 7.05 Å². The summed E-state index contributed by atoms with van der Waals surface area (Å²) in [4.78, 5) is 2.19. The van der Waals surface area contributed by atoms with Crippen LogP contribution in [0, 0.1) is 5.92 Å². The number of benzene rings is 1. The van der Waals surface area contributed by atoms with Crippen LogP contribution in [0.2, 0.25) is 0 Å². The highest BCUT2D eigenvalue weighted by Gasteiger charge is 2.16. The van der Waals surface area contributed by atoms with Gasteiger partial charge in [0.2, 0.25) is 0 Å². The SMILES string of the molecule is CC(C)CCN(C)C(CN)c1ccc(C(F)F)cc1. The topological polar surface area (TPSA) is 29.3 Å². The van der Waals surface area contributed by atoms with Gasteiger partial charge in [-0.2, -0.15) is 0 Å². The molecule has 0 aliphatic carbocycles. The minimum Gasteiger partial charge on any atom is -0.329 e. The number of likely N-dealkylation sites (N-methyl/N-ethyl adjacent to an activating group) is 1. The Balaban J connectivity index is 2.73. The average molecular weight is 270 g/mol. The van der Waals surface area contributed by atoms with Gasteiger partial charge >= 0.3 is 0 Å². The lowest BCUT2D eigenvalue weighted by Gasteiger charge is -2.28. The molecule has 19 heavy (non-hydrogen) atoms. The predicted octanol–water partition coefficient (Wildman–Crippen LogP) is 3.60. The molecule has 0 aliphatic rings. The van der Waals surface area contributed by atoms with Gasteiger partial charge in [-0.05, 0) is 31.5 Å². The molecule has 0 saturated carbocycles. The summed E-state index contributed by atoms with van der Waals surface area (Å²) in [5.74, 6) is 0.641. The van der Waals surface area contributed by atoms with E-state index >= 15 is 0 Å². The molecule has 0 radical (unpaired) electrons. The minimum atomic E-state index is -2.41. The van der Waals surface area contributed by atoms with Gasteiger partial charge in [0, 0.05) is 18.2 Å². The number of alkyl halides is 2. The third-order valence-electron chi connectivity index (χ3n) is 3.39. The molecular formula is C15H24F2N2. The van der Waals surface area contributed by atoms with E-state index in [9.17, 15) is 8.78 Å².